The first kappa shape index (κ1) is 10.4. The lowest BCUT2D eigenvalue weighted by Gasteiger charge is -1.95. The lowest BCUT2D eigenvalue weighted by atomic mass is 10.2. The molecule has 0 fully saturated rings. The highest BCUT2D eigenvalue weighted by molar-refractivity contribution is 7.21. The SMILES string of the molecule is Cc1ccc(-c2nc3c(F)cccc3s2)cc1. The van der Waals surface area contributed by atoms with Crippen molar-refractivity contribution in [3.05, 3.63) is 53.8 Å². The molecule has 0 aliphatic heterocycles. The summed E-state index contributed by atoms with van der Waals surface area (Å²) in [7, 11) is 0. The molecule has 0 spiro atoms. The first-order valence-electron chi connectivity index (χ1n) is 5.36. The van der Waals surface area contributed by atoms with Gasteiger partial charge in [-0.15, -0.1) is 11.3 Å². The van der Waals surface area contributed by atoms with Crippen molar-refractivity contribution in [2.24, 2.45) is 0 Å². The van der Waals surface area contributed by atoms with E-state index in [0.29, 0.717) is 5.52 Å². The van der Waals surface area contributed by atoms with Crippen molar-refractivity contribution in [3.63, 3.8) is 0 Å². The molecule has 1 aromatic heterocycles. The van der Waals surface area contributed by atoms with E-state index in [9.17, 15) is 4.39 Å². The molecule has 17 heavy (non-hydrogen) atoms. The number of nitrogens with zero attached hydrogens (tertiary/aromatic N) is 1. The van der Waals surface area contributed by atoms with Crippen LogP contribution in [0.1, 0.15) is 5.56 Å². The van der Waals surface area contributed by atoms with Crippen LogP contribution in [-0.2, 0) is 0 Å². The Morgan fingerprint density at radius 1 is 1.06 bits per heavy atom. The Morgan fingerprint density at radius 2 is 1.82 bits per heavy atom. The summed E-state index contributed by atoms with van der Waals surface area (Å²) in [5, 5.41) is 0.866. The molecule has 0 atom stereocenters. The molecule has 0 N–H and O–H groups in total. The molecule has 0 bridgehead atoms. The van der Waals surface area contributed by atoms with Crippen LogP contribution >= 0.6 is 11.3 Å². The van der Waals surface area contributed by atoms with Gasteiger partial charge in [-0.3, -0.25) is 0 Å². The molecular weight excluding hydrogens is 233 g/mol. The summed E-state index contributed by atoms with van der Waals surface area (Å²) in [6.07, 6.45) is 0. The average molecular weight is 243 g/mol. The normalized spacial score (nSPS) is 10.9. The predicted octanol–water partition coefficient (Wildman–Crippen LogP) is 4.41. The number of benzene rings is 2. The number of thiazole rings is 1. The Kier molecular flexibility index (Phi) is 2.41. The van der Waals surface area contributed by atoms with Gasteiger partial charge in [-0.2, -0.15) is 0 Å². The largest absolute Gasteiger partial charge is 0.233 e. The van der Waals surface area contributed by atoms with Crippen LogP contribution in [-0.4, -0.2) is 4.98 Å². The van der Waals surface area contributed by atoms with Crippen LogP contribution in [0.2, 0.25) is 0 Å². The Hall–Kier alpha value is -1.74. The standard InChI is InChI=1S/C14H10FNS/c1-9-5-7-10(8-6-9)14-16-13-11(15)3-2-4-12(13)17-14/h2-8H,1H3. The first-order valence-corrected chi connectivity index (χ1v) is 6.18. The van der Waals surface area contributed by atoms with Gasteiger partial charge in [0.1, 0.15) is 16.3 Å². The van der Waals surface area contributed by atoms with Gasteiger partial charge in [-0.1, -0.05) is 35.9 Å². The maximum Gasteiger partial charge on any atom is 0.150 e. The number of aryl methyl sites for hydroxylation is 1. The summed E-state index contributed by atoms with van der Waals surface area (Å²) < 4.78 is 14.4. The molecular formula is C14H10FNS. The third-order valence-electron chi connectivity index (χ3n) is 2.67. The van der Waals surface area contributed by atoms with E-state index >= 15 is 0 Å². The van der Waals surface area contributed by atoms with Crippen LogP contribution in [0.25, 0.3) is 20.8 Å². The van der Waals surface area contributed by atoms with Gasteiger partial charge >= 0.3 is 0 Å². The molecule has 0 amide bonds. The zero-order chi connectivity index (χ0) is 11.8. The number of hydrogen-bond acceptors (Lipinski definition) is 2. The molecule has 0 aliphatic rings. The number of aromatic nitrogens is 1. The molecule has 0 saturated heterocycles. The maximum atomic E-state index is 13.5. The summed E-state index contributed by atoms with van der Waals surface area (Å²) in [6.45, 7) is 2.04. The van der Waals surface area contributed by atoms with Gasteiger partial charge in [0.25, 0.3) is 0 Å². The average Bonchev–Trinajstić information content (AvgIpc) is 2.75. The molecule has 0 saturated carbocycles. The summed E-state index contributed by atoms with van der Waals surface area (Å²) in [6, 6.07) is 13.2. The van der Waals surface area contributed by atoms with E-state index in [2.05, 4.69) is 4.98 Å². The third-order valence-corrected chi connectivity index (χ3v) is 3.74. The van der Waals surface area contributed by atoms with Crippen LogP contribution in [0.15, 0.2) is 42.5 Å². The van der Waals surface area contributed by atoms with Crippen LogP contribution < -0.4 is 0 Å². The van der Waals surface area contributed by atoms with Crippen molar-refractivity contribution in [2.45, 2.75) is 6.92 Å². The second kappa shape index (κ2) is 3.93. The Morgan fingerprint density at radius 3 is 2.53 bits per heavy atom. The minimum absolute atomic E-state index is 0.253. The van der Waals surface area contributed by atoms with Gasteiger partial charge in [0.2, 0.25) is 0 Å². The van der Waals surface area contributed by atoms with E-state index in [1.165, 1.54) is 23.0 Å². The lowest BCUT2D eigenvalue weighted by molar-refractivity contribution is 0.637. The van der Waals surface area contributed by atoms with Crippen molar-refractivity contribution in [3.8, 4) is 10.6 Å². The highest BCUT2D eigenvalue weighted by Gasteiger charge is 2.08. The van der Waals surface area contributed by atoms with Crippen LogP contribution in [0.4, 0.5) is 4.39 Å². The number of halogens is 1. The third kappa shape index (κ3) is 1.83. The smallest absolute Gasteiger partial charge is 0.150 e. The molecule has 84 valence electrons. The van der Waals surface area contributed by atoms with Gasteiger partial charge in [-0.05, 0) is 19.1 Å². The first-order chi connectivity index (χ1) is 8.24. The highest BCUT2D eigenvalue weighted by Crippen LogP contribution is 2.31. The number of fused-ring (bicyclic) bond motifs is 1. The Balaban J connectivity index is 2.18. The number of rotatable bonds is 1. The molecule has 1 nitrogen and oxygen atoms in total. The second-order valence-electron chi connectivity index (χ2n) is 3.97. The maximum absolute atomic E-state index is 13.5. The summed E-state index contributed by atoms with van der Waals surface area (Å²) in [5.41, 5.74) is 2.71. The molecule has 3 heteroatoms. The van der Waals surface area contributed by atoms with Crippen LogP contribution in [0, 0.1) is 12.7 Å². The zero-order valence-electron chi connectivity index (χ0n) is 9.27. The van der Waals surface area contributed by atoms with Gasteiger partial charge in [0.05, 0.1) is 4.70 Å². The molecule has 1 heterocycles. The summed E-state index contributed by atoms with van der Waals surface area (Å²) in [4.78, 5) is 4.36. The van der Waals surface area contributed by atoms with Crippen molar-refractivity contribution < 1.29 is 4.39 Å². The Bertz CT molecular complexity index is 670. The fourth-order valence-corrected chi connectivity index (χ4v) is 2.72. The van der Waals surface area contributed by atoms with E-state index in [0.717, 1.165) is 15.3 Å². The molecule has 3 aromatic rings. The molecule has 3 rings (SSSR count). The van der Waals surface area contributed by atoms with Gasteiger partial charge < -0.3 is 0 Å². The molecule has 0 aliphatic carbocycles. The minimum atomic E-state index is -0.253. The predicted molar refractivity (Wildman–Crippen MR) is 69.8 cm³/mol. The highest BCUT2D eigenvalue weighted by atomic mass is 32.1. The lowest BCUT2D eigenvalue weighted by Crippen LogP contribution is -1.78. The van der Waals surface area contributed by atoms with E-state index in [4.69, 9.17) is 0 Å². The second-order valence-corrected chi connectivity index (χ2v) is 5.00. The molecule has 0 radical (unpaired) electrons. The quantitative estimate of drug-likeness (QED) is 0.617. The van der Waals surface area contributed by atoms with Gasteiger partial charge in [-0.25, -0.2) is 9.37 Å². The molecule has 2 aromatic carbocycles. The molecule has 0 unspecified atom stereocenters. The fraction of sp³-hybridized carbons (Fsp3) is 0.0714. The monoisotopic (exact) mass is 243 g/mol. The number of hydrogen-bond donors (Lipinski definition) is 0. The van der Waals surface area contributed by atoms with E-state index in [-0.39, 0.29) is 5.82 Å². The van der Waals surface area contributed by atoms with Crippen LogP contribution in [0.3, 0.4) is 0 Å². The summed E-state index contributed by atoms with van der Waals surface area (Å²) >= 11 is 1.52. The van der Waals surface area contributed by atoms with Gasteiger partial charge in [0, 0.05) is 5.56 Å². The van der Waals surface area contributed by atoms with E-state index in [1.807, 2.05) is 37.3 Å². The summed E-state index contributed by atoms with van der Waals surface area (Å²) in [5.74, 6) is -0.253. The van der Waals surface area contributed by atoms with Crippen molar-refractivity contribution in [1.29, 1.82) is 0 Å². The van der Waals surface area contributed by atoms with E-state index < -0.39 is 0 Å². The number of para-hydroxylation sites is 1. The van der Waals surface area contributed by atoms with Crippen LogP contribution in [0.5, 0.6) is 0 Å². The zero-order valence-corrected chi connectivity index (χ0v) is 10.1. The minimum Gasteiger partial charge on any atom is -0.233 e. The van der Waals surface area contributed by atoms with Crippen molar-refractivity contribution in [2.75, 3.05) is 0 Å². The fourth-order valence-electron chi connectivity index (χ4n) is 1.73. The van der Waals surface area contributed by atoms with Crippen molar-refractivity contribution in [1.82, 2.24) is 4.98 Å². The van der Waals surface area contributed by atoms with Crippen molar-refractivity contribution >= 4 is 21.6 Å². The topological polar surface area (TPSA) is 12.9 Å². The Labute approximate surface area is 103 Å². The van der Waals surface area contributed by atoms with Gasteiger partial charge in [0.15, 0.2) is 0 Å². The van der Waals surface area contributed by atoms with E-state index in [1.54, 1.807) is 6.07 Å².